The lowest BCUT2D eigenvalue weighted by molar-refractivity contribution is -0.122. The third-order valence-corrected chi connectivity index (χ3v) is 3.96. The fourth-order valence-electron chi connectivity index (χ4n) is 2.69. The Labute approximate surface area is 132 Å². The van der Waals surface area contributed by atoms with Gasteiger partial charge in [0.1, 0.15) is 5.75 Å². The number of rotatable bonds is 4. The quantitative estimate of drug-likeness (QED) is 0.895. The van der Waals surface area contributed by atoms with E-state index in [4.69, 9.17) is 10.5 Å². The highest BCUT2D eigenvalue weighted by Gasteiger charge is 2.35. The summed E-state index contributed by atoms with van der Waals surface area (Å²) in [5, 5.41) is 2.97. The molecule has 1 amide bonds. The van der Waals surface area contributed by atoms with E-state index < -0.39 is 5.54 Å². The van der Waals surface area contributed by atoms with Crippen molar-refractivity contribution in [2.75, 3.05) is 11.9 Å². The Bertz CT molecular complexity index is 485. The lowest BCUT2D eigenvalue weighted by atomic mass is 9.82. The fraction of sp³-hybridized carbons (Fsp3) is 0.562. The summed E-state index contributed by atoms with van der Waals surface area (Å²) in [5.74, 6) is 0.757. The summed E-state index contributed by atoms with van der Waals surface area (Å²) in [4.78, 5) is 12.4. The van der Waals surface area contributed by atoms with Crippen LogP contribution in [0, 0.1) is 6.92 Å². The zero-order valence-corrected chi connectivity index (χ0v) is 13.6. The largest absolute Gasteiger partial charge is 0.494 e. The predicted octanol–water partition coefficient (Wildman–Crippen LogP) is 3.42. The molecule has 0 bridgehead atoms. The van der Waals surface area contributed by atoms with Gasteiger partial charge in [0, 0.05) is 5.69 Å². The molecule has 0 aromatic heterocycles. The van der Waals surface area contributed by atoms with Crippen molar-refractivity contribution in [2.45, 2.75) is 51.5 Å². The monoisotopic (exact) mass is 312 g/mol. The Morgan fingerprint density at radius 3 is 2.57 bits per heavy atom. The molecular weight excluding hydrogens is 288 g/mol. The number of hydrogen-bond donors (Lipinski definition) is 2. The van der Waals surface area contributed by atoms with Gasteiger partial charge in [-0.05, 0) is 50.5 Å². The molecule has 0 unspecified atom stereocenters. The third kappa shape index (κ3) is 4.35. The molecule has 3 N–H and O–H groups in total. The van der Waals surface area contributed by atoms with E-state index in [1.807, 2.05) is 32.0 Å². The number of nitrogens with one attached hydrogen (secondary N) is 1. The third-order valence-electron chi connectivity index (χ3n) is 3.96. The van der Waals surface area contributed by atoms with Gasteiger partial charge in [-0.25, -0.2) is 0 Å². The second-order valence-corrected chi connectivity index (χ2v) is 5.58. The minimum Gasteiger partial charge on any atom is -0.494 e. The molecule has 21 heavy (non-hydrogen) atoms. The number of carbonyl (C=O) groups excluding carboxylic acids is 1. The van der Waals surface area contributed by atoms with E-state index in [0.29, 0.717) is 6.61 Å². The van der Waals surface area contributed by atoms with Crippen molar-refractivity contribution in [3.05, 3.63) is 23.8 Å². The van der Waals surface area contributed by atoms with Crippen LogP contribution in [0.1, 0.15) is 44.6 Å². The fourth-order valence-corrected chi connectivity index (χ4v) is 2.69. The number of benzene rings is 1. The van der Waals surface area contributed by atoms with Crippen LogP contribution in [0.5, 0.6) is 5.75 Å². The molecule has 1 aromatic carbocycles. The molecule has 0 aliphatic heterocycles. The van der Waals surface area contributed by atoms with Crippen molar-refractivity contribution in [1.82, 2.24) is 0 Å². The molecule has 1 saturated carbocycles. The molecule has 2 rings (SSSR count). The van der Waals surface area contributed by atoms with E-state index >= 15 is 0 Å². The number of halogens is 1. The Kier molecular flexibility index (Phi) is 6.49. The molecule has 1 aromatic rings. The summed E-state index contributed by atoms with van der Waals surface area (Å²) in [6.45, 7) is 4.55. The maximum atomic E-state index is 12.4. The molecule has 0 radical (unpaired) electrons. The second-order valence-electron chi connectivity index (χ2n) is 5.58. The molecule has 5 heteroatoms. The average molecular weight is 313 g/mol. The maximum Gasteiger partial charge on any atom is 0.244 e. The SMILES string of the molecule is CCOc1ccc(NC(=O)C2(N)CCCCC2)c(C)c1.Cl. The number of amides is 1. The highest BCUT2D eigenvalue weighted by Crippen LogP contribution is 2.28. The molecular formula is C16H25ClN2O2. The first kappa shape index (κ1) is 17.8. The number of carbonyl (C=O) groups is 1. The zero-order valence-electron chi connectivity index (χ0n) is 12.8. The van der Waals surface area contributed by atoms with Gasteiger partial charge in [0.2, 0.25) is 5.91 Å². The molecule has 0 saturated heterocycles. The lowest BCUT2D eigenvalue weighted by Gasteiger charge is -2.32. The standard InChI is InChI=1S/C16H24N2O2.ClH/c1-3-20-13-7-8-14(12(2)11-13)18-15(19)16(17)9-5-4-6-10-16;/h7-8,11H,3-6,9-10,17H2,1-2H3,(H,18,19);1H. The first-order valence-electron chi connectivity index (χ1n) is 7.39. The van der Waals surface area contributed by atoms with E-state index in [1.165, 1.54) is 6.42 Å². The van der Waals surface area contributed by atoms with Crippen LogP contribution >= 0.6 is 12.4 Å². The van der Waals surface area contributed by atoms with Gasteiger partial charge < -0.3 is 15.8 Å². The van der Waals surface area contributed by atoms with Crippen LogP contribution in [0.3, 0.4) is 0 Å². The average Bonchev–Trinajstić information content (AvgIpc) is 2.43. The van der Waals surface area contributed by atoms with Gasteiger partial charge in [-0.15, -0.1) is 12.4 Å². The van der Waals surface area contributed by atoms with Crippen molar-refractivity contribution >= 4 is 24.0 Å². The Morgan fingerprint density at radius 1 is 1.33 bits per heavy atom. The summed E-state index contributed by atoms with van der Waals surface area (Å²) >= 11 is 0. The summed E-state index contributed by atoms with van der Waals surface area (Å²) in [5.41, 5.74) is 7.34. The number of nitrogens with two attached hydrogens (primary N) is 1. The van der Waals surface area contributed by atoms with E-state index in [-0.39, 0.29) is 18.3 Å². The van der Waals surface area contributed by atoms with E-state index in [1.54, 1.807) is 0 Å². The number of anilines is 1. The smallest absolute Gasteiger partial charge is 0.244 e. The summed E-state index contributed by atoms with van der Waals surface area (Å²) in [6, 6.07) is 5.68. The molecule has 1 aliphatic rings. The van der Waals surface area contributed by atoms with Crippen molar-refractivity contribution in [3.8, 4) is 5.75 Å². The van der Waals surface area contributed by atoms with E-state index in [0.717, 1.165) is 42.7 Å². The van der Waals surface area contributed by atoms with Gasteiger partial charge in [-0.1, -0.05) is 19.3 Å². The zero-order chi connectivity index (χ0) is 14.6. The minimum absolute atomic E-state index is 0. The van der Waals surface area contributed by atoms with Crippen LogP contribution in [0.2, 0.25) is 0 Å². The van der Waals surface area contributed by atoms with Crippen LogP contribution in [-0.2, 0) is 4.79 Å². The summed E-state index contributed by atoms with van der Waals surface area (Å²) in [7, 11) is 0. The normalized spacial score (nSPS) is 16.7. The van der Waals surface area contributed by atoms with Crippen molar-refractivity contribution < 1.29 is 9.53 Å². The topological polar surface area (TPSA) is 64.3 Å². The van der Waals surface area contributed by atoms with Crippen LogP contribution in [0.15, 0.2) is 18.2 Å². The maximum absolute atomic E-state index is 12.4. The first-order valence-corrected chi connectivity index (χ1v) is 7.39. The van der Waals surface area contributed by atoms with Crippen LogP contribution in [0.25, 0.3) is 0 Å². The van der Waals surface area contributed by atoms with Gasteiger partial charge in [0.15, 0.2) is 0 Å². The first-order chi connectivity index (χ1) is 9.55. The molecule has 1 fully saturated rings. The van der Waals surface area contributed by atoms with Gasteiger partial charge >= 0.3 is 0 Å². The molecule has 0 heterocycles. The molecule has 0 spiro atoms. The molecule has 0 atom stereocenters. The lowest BCUT2D eigenvalue weighted by Crippen LogP contribution is -2.52. The highest BCUT2D eigenvalue weighted by molar-refractivity contribution is 5.98. The predicted molar refractivity (Wildman–Crippen MR) is 88.2 cm³/mol. The molecule has 1 aliphatic carbocycles. The van der Waals surface area contributed by atoms with Crippen molar-refractivity contribution in [1.29, 1.82) is 0 Å². The van der Waals surface area contributed by atoms with Crippen molar-refractivity contribution in [3.63, 3.8) is 0 Å². The van der Waals surface area contributed by atoms with Gasteiger partial charge in [-0.3, -0.25) is 4.79 Å². The summed E-state index contributed by atoms with van der Waals surface area (Å²) in [6.07, 6.45) is 4.79. The van der Waals surface area contributed by atoms with Crippen LogP contribution in [-0.4, -0.2) is 18.1 Å². The summed E-state index contributed by atoms with van der Waals surface area (Å²) < 4.78 is 5.45. The Hall–Kier alpha value is -1.26. The van der Waals surface area contributed by atoms with Crippen LogP contribution in [0.4, 0.5) is 5.69 Å². The Morgan fingerprint density at radius 2 is 2.00 bits per heavy atom. The number of ether oxygens (including phenoxy) is 1. The van der Waals surface area contributed by atoms with E-state index in [9.17, 15) is 4.79 Å². The Balaban J connectivity index is 0.00000220. The number of hydrogen-bond acceptors (Lipinski definition) is 3. The molecule has 4 nitrogen and oxygen atoms in total. The second kappa shape index (κ2) is 7.66. The highest BCUT2D eigenvalue weighted by atomic mass is 35.5. The molecule has 118 valence electrons. The van der Waals surface area contributed by atoms with Gasteiger partial charge in [0.25, 0.3) is 0 Å². The van der Waals surface area contributed by atoms with Crippen LogP contribution < -0.4 is 15.8 Å². The van der Waals surface area contributed by atoms with Gasteiger partial charge in [-0.2, -0.15) is 0 Å². The van der Waals surface area contributed by atoms with Crippen molar-refractivity contribution in [2.24, 2.45) is 5.73 Å². The van der Waals surface area contributed by atoms with Gasteiger partial charge in [0.05, 0.1) is 12.1 Å². The number of aryl methyl sites for hydroxylation is 1. The van der Waals surface area contributed by atoms with E-state index in [2.05, 4.69) is 5.32 Å². The minimum atomic E-state index is -0.705.